The molecular formula is C13H20N2O3S. The van der Waals surface area contributed by atoms with Crippen molar-refractivity contribution in [3.05, 3.63) is 22.4 Å². The Morgan fingerprint density at radius 2 is 2.53 bits per heavy atom. The number of rotatable bonds is 4. The molecule has 19 heavy (non-hydrogen) atoms. The maximum atomic E-state index is 11.7. The van der Waals surface area contributed by atoms with E-state index >= 15 is 0 Å². The van der Waals surface area contributed by atoms with Crippen LogP contribution in [0, 0.1) is 0 Å². The lowest BCUT2D eigenvalue weighted by atomic mass is 9.83. The summed E-state index contributed by atoms with van der Waals surface area (Å²) in [6.45, 7) is 2.50. The second kappa shape index (κ2) is 6.00. The molecule has 106 valence electrons. The number of nitrogens with one attached hydrogen (secondary N) is 2. The third-order valence-corrected chi connectivity index (χ3v) is 4.40. The molecule has 0 saturated carbocycles. The van der Waals surface area contributed by atoms with Crippen LogP contribution in [0.25, 0.3) is 0 Å². The van der Waals surface area contributed by atoms with Crippen LogP contribution in [0.2, 0.25) is 0 Å². The number of thiophene rings is 1. The fourth-order valence-electron chi connectivity index (χ4n) is 2.43. The quantitative estimate of drug-likeness (QED) is 0.760. The summed E-state index contributed by atoms with van der Waals surface area (Å²) in [5.41, 5.74) is -0.927. The first-order valence-corrected chi connectivity index (χ1v) is 7.20. The van der Waals surface area contributed by atoms with Gasteiger partial charge in [0, 0.05) is 12.0 Å². The minimum Gasteiger partial charge on any atom is -0.388 e. The average Bonchev–Trinajstić information content (AvgIpc) is 2.85. The van der Waals surface area contributed by atoms with Crippen molar-refractivity contribution >= 4 is 17.2 Å². The summed E-state index contributed by atoms with van der Waals surface area (Å²) in [6.07, 6.45) is 0.604. The molecule has 1 aliphatic rings. The van der Waals surface area contributed by atoms with Crippen molar-refractivity contribution in [2.75, 3.05) is 20.3 Å². The van der Waals surface area contributed by atoms with E-state index in [1.165, 1.54) is 7.11 Å². The third-order valence-electron chi connectivity index (χ3n) is 3.44. The molecule has 5 nitrogen and oxygen atoms in total. The summed E-state index contributed by atoms with van der Waals surface area (Å²) in [7, 11) is 1.48. The molecule has 0 spiro atoms. The van der Waals surface area contributed by atoms with E-state index in [2.05, 4.69) is 10.6 Å². The highest BCUT2D eigenvalue weighted by Gasteiger charge is 2.42. The van der Waals surface area contributed by atoms with Crippen molar-refractivity contribution < 1.29 is 14.6 Å². The van der Waals surface area contributed by atoms with Gasteiger partial charge in [-0.2, -0.15) is 0 Å². The van der Waals surface area contributed by atoms with Crippen molar-refractivity contribution in [3.8, 4) is 0 Å². The lowest BCUT2D eigenvalue weighted by molar-refractivity contribution is -0.129. The second-order valence-electron chi connectivity index (χ2n) is 5.03. The van der Waals surface area contributed by atoms with Gasteiger partial charge in [0.2, 0.25) is 5.91 Å². The summed E-state index contributed by atoms with van der Waals surface area (Å²) < 4.78 is 4.83. The van der Waals surface area contributed by atoms with Gasteiger partial charge in [-0.3, -0.25) is 4.79 Å². The monoisotopic (exact) mass is 284 g/mol. The summed E-state index contributed by atoms with van der Waals surface area (Å²) in [5, 5.41) is 18.8. The minimum atomic E-state index is -0.927. The molecule has 0 radical (unpaired) electrons. The van der Waals surface area contributed by atoms with E-state index in [-0.39, 0.29) is 24.6 Å². The van der Waals surface area contributed by atoms with Crippen LogP contribution in [-0.2, 0) is 9.53 Å². The molecule has 1 aromatic rings. The Kier molecular flexibility index (Phi) is 4.57. The summed E-state index contributed by atoms with van der Waals surface area (Å²) in [4.78, 5) is 12.9. The fourth-order valence-corrected chi connectivity index (χ4v) is 3.27. The Balaban J connectivity index is 2.17. The van der Waals surface area contributed by atoms with Gasteiger partial charge in [-0.25, -0.2) is 0 Å². The van der Waals surface area contributed by atoms with Gasteiger partial charge >= 0.3 is 0 Å². The first kappa shape index (κ1) is 14.5. The van der Waals surface area contributed by atoms with Crippen LogP contribution < -0.4 is 10.6 Å². The Morgan fingerprint density at radius 3 is 3.16 bits per heavy atom. The van der Waals surface area contributed by atoms with Crippen LogP contribution in [0.4, 0.5) is 0 Å². The van der Waals surface area contributed by atoms with Crippen LogP contribution in [-0.4, -0.2) is 42.9 Å². The minimum absolute atomic E-state index is 0.00371. The molecule has 1 aromatic heterocycles. The molecule has 2 heterocycles. The van der Waals surface area contributed by atoms with Gasteiger partial charge in [0.15, 0.2) is 0 Å². The number of amides is 1. The highest BCUT2D eigenvalue weighted by Crippen LogP contribution is 2.32. The van der Waals surface area contributed by atoms with Gasteiger partial charge < -0.3 is 20.5 Å². The molecule has 1 amide bonds. The molecular weight excluding hydrogens is 264 g/mol. The van der Waals surface area contributed by atoms with Gasteiger partial charge in [-0.05, 0) is 31.3 Å². The van der Waals surface area contributed by atoms with Crippen molar-refractivity contribution in [1.82, 2.24) is 10.6 Å². The van der Waals surface area contributed by atoms with Crippen molar-refractivity contribution in [2.45, 2.75) is 31.0 Å². The number of hydrogen-bond acceptors (Lipinski definition) is 5. The summed E-state index contributed by atoms with van der Waals surface area (Å²) >= 11 is 1.62. The molecule has 6 heteroatoms. The smallest absolute Gasteiger partial charge is 0.246 e. The van der Waals surface area contributed by atoms with E-state index in [0.717, 1.165) is 11.4 Å². The van der Waals surface area contributed by atoms with Gasteiger partial charge in [0.05, 0.1) is 17.7 Å². The van der Waals surface area contributed by atoms with Crippen molar-refractivity contribution in [3.63, 3.8) is 0 Å². The lowest BCUT2D eigenvalue weighted by Gasteiger charge is -2.43. The molecule has 1 saturated heterocycles. The molecule has 1 fully saturated rings. The SMILES string of the molecule is COCC(=O)NC1C(c2cccs2)NCCC1(C)O. The van der Waals surface area contributed by atoms with Crippen LogP contribution in [0.5, 0.6) is 0 Å². The van der Waals surface area contributed by atoms with Gasteiger partial charge in [0.25, 0.3) is 0 Å². The molecule has 0 aromatic carbocycles. The molecule has 1 aliphatic heterocycles. The predicted molar refractivity (Wildman–Crippen MR) is 74.1 cm³/mol. The summed E-state index contributed by atoms with van der Waals surface area (Å²) in [5.74, 6) is -0.210. The average molecular weight is 284 g/mol. The number of aliphatic hydroxyl groups is 1. The Hall–Kier alpha value is -0.950. The van der Waals surface area contributed by atoms with E-state index in [9.17, 15) is 9.90 Å². The van der Waals surface area contributed by atoms with E-state index in [1.807, 2.05) is 17.5 Å². The van der Waals surface area contributed by atoms with Crippen LogP contribution >= 0.6 is 11.3 Å². The first-order chi connectivity index (χ1) is 9.04. The maximum Gasteiger partial charge on any atom is 0.246 e. The standard InChI is InChI=1S/C13H20N2O3S/c1-13(17)5-6-14-11(9-4-3-7-19-9)12(13)15-10(16)8-18-2/h3-4,7,11-12,14,17H,5-6,8H2,1-2H3,(H,15,16). The van der Waals surface area contributed by atoms with E-state index < -0.39 is 5.60 Å². The van der Waals surface area contributed by atoms with Gasteiger partial charge in [-0.1, -0.05) is 6.07 Å². The molecule has 3 unspecified atom stereocenters. The zero-order valence-electron chi connectivity index (χ0n) is 11.2. The van der Waals surface area contributed by atoms with Gasteiger partial charge in [0.1, 0.15) is 6.61 Å². The van der Waals surface area contributed by atoms with Gasteiger partial charge in [-0.15, -0.1) is 11.3 Å². The number of methoxy groups -OCH3 is 1. The summed E-state index contributed by atoms with van der Waals surface area (Å²) in [6, 6.07) is 3.56. The molecule has 0 aliphatic carbocycles. The van der Waals surface area contributed by atoms with E-state index in [0.29, 0.717) is 6.42 Å². The second-order valence-corrected chi connectivity index (χ2v) is 6.01. The highest BCUT2D eigenvalue weighted by atomic mass is 32.1. The van der Waals surface area contributed by atoms with Crippen molar-refractivity contribution in [2.24, 2.45) is 0 Å². The van der Waals surface area contributed by atoms with E-state index in [1.54, 1.807) is 18.3 Å². The zero-order valence-corrected chi connectivity index (χ0v) is 12.0. The zero-order chi connectivity index (χ0) is 13.9. The molecule has 3 atom stereocenters. The lowest BCUT2D eigenvalue weighted by Crippen LogP contribution is -2.61. The first-order valence-electron chi connectivity index (χ1n) is 6.32. The fraction of sp³-hybridized carbons (Fsp3) is 0.615. The highest BCUT2D eigenvalue weighted by molar-refractivity contribution is 7.10. The van der Waals surface area contributed by atoms with E-state index in [4.69, 9.17) is 4.74 Å². The Morgan fingerprint density at radius 1 is 1.74 bits per heavy atom. The van der Waals surface area contributed by atoms with Crippen molar-refractivity contribution in [1.29, 1.82) is 0 Å². The Labute approximate surface area is 117 Å². The largest absolute Gasteiger partial charge is 0.388 e. The van der Waals surface area contributed by atoms with Crippen LogP contribution in [0.1, 0.15) is 24.3 Å². The molecule has 0 bridgehead atoms. The predicted octanol–water partition coefficient (Wildman–Crippen LogP) is 0.665. The normalized spacial score (nSPS) is 31.1. The maximum absolute atomic E-state index is 11.7. The van der Waals surface area contributed by atoms with Crippen LogP contribution in [0.15, 0.2) is 17.5 Å². The molecule has 3 N–H and O–H groups in total. The topological polar surface area (TPSA) is 70.6 Å². The third kappa shape index (κ3) is 3.33. The van der Waals surface area contributed by atoms with Crippen LogP contribution in [0.3, 0.4) is 0 Å². The number of ether oxygens (including phenoxy) is 1. The number of hydrogen-bond donors (Lipinski definition) is 3. The number of carbonyl (C=O) groups is 1. The molecule has 2 rings (SSSR count). The number of piperidine rings is 1. The number of carbonyl (C=O) groups excluding carboxylic acids is 1. The Bertz CT molecular complexity index is 420.